The smallest absolute Gasteiger partial charge is 0.216 e. The molecule has 0 N–H and O–H groups in total. The van der Waals surface area contributed by atoms with Crippen LogP contribution < -0.4 is 4.74 Å². The van der Waals surface area contributed by atoms with Crippen LogP contribution in [0.3, 0.4) is 0 Å². The van der Waals surface area contributed by atoms with Crippen molar-refractivity contribution in [1.29, 1.82) is 5.26 Å². The maximum atomic E-state index is 12.5. The maximum absolute atomic E-state index is 12.5. The number of hydrogen-bond acceptors (Lipinski definition) is 5. The largest absolute Gasteiger partial charge is 0.490 e. The second kappa shape index (κ2) is 9.12. The fourth-order valence-electron chi connectivity index (χ4n) is 4.45. The van der Waals surface area contributed by atoms with Gasteiger partial charge in [-0.25, -0.2) is 12.7 Å². The van der Waals surface area contributed by atoms with Gasteiger partial charge in [0.25, 0.3) is 0 Å². The van der Waals surface area contributed by atoms with E-state index in [1.54, 1.807) is 10.5 Å². The van der Waals surface area contributed by atoms with E-state index in [2.05, 4.69) is 47.5 Å². The van der Waals surface area contributed by atoms with E-state index in [4.69, 9.17) is 10.00 Å². The summed E-state index contributed by atoms with van der Waals surface area (Å²) in [4.78, 5) is 4.29. The molecule has 1 saturated heterocycles. The van der Waals surface area contributed by atoms with Crippen molar-refractivity contribution in [3.63, 3.8) is 0 Å². The van der Waals surface area contributed by atoms with Gasteiger partial charge >= 0.3 is 0 Å². The second-order valence-corrected chi connectivity index (χ2v) is 11.1. The van der Waals surface area contributed by atoms with Crippen LogP contribution in [0.4, 0.5) is 0 Å². The highest BCUT2D eigenvalue weighted by Crippen LogP contribution is 2.35. The molecule has 1 aliphatic carbocycles. The van der Waals surface area contributed by atoms with Gasteiger partial charge in [-0.3, -0.25) is 4.98 Å². The number of aryl methyl sites for hydroxylation is 1. The van der Waals surface area contributed by atoms with Crippen LogP contribution in [0.1, 0.15) is 37.7 Å². The molecule has 0 spiro atoms. The van der Waals surface area contributed by atoms with Crippen molar-refractivity contribution in [2.45, 2.75) is 49.9 Å². The standard InChI is InChI=1S/C26H27N3O3S/c27-12-1-2-19-3-5-20(6-4-19)22-16-21-9-13-28-18-25(21)26(17-22)32-23-10-14-29(15-11-23)33(30,31)24-7-8-24/h3-6,9,13,16-18,23-24H,1-2,7-8,10-11,14-15H2. The van der Waals surface area contributed by atoms with Crippen LogP contribution in [-0.4, -0.2) is 42.2 Å². The molecule has 2 aliphatic rings. The first-order chi connectivity index (χ1) is 16.0. The number of hydrogen-bond donors (Lipinski definition) is 0. The Kier molecular flexibility index (Phi) is 6.05. The Morgan fingerprint density at radius 2 is 1.79 bits per heavy atom. The molecule has 0 unspecified atom stereocenters. The molecule has 2 aromatic carbocycles. The Labute approximate surface area is 194 Å². The summed E-state index contributed by atoms with van der Waals surface area (Å²) in [6.45, 7) is 1.03. The van der Waals surface area contributed by atoms with Crippen molar-refractivity contribution >= 4 is 20.8 Å². The molecular formula is C26H27N3O3S. The van der Waals surface area contributed by atoms with Crippen molar-refractivity contribution in [2.24, 2.45) is 0 Å². The van der Waals surface area contributed by atoms with Crippen LogP contribution in [-0.2, 0) is 16.4 Å². The molecule has 0 bridgehead atoms. The van der Waals surface area contributed by atoms with Gasteiger partial charge in [-0.2, -0.15) is 5.26 Å². The van der Waals surface area contributed by atoms with Gasteiger partial charge in [0.05, 0.1) is 11.3 Å². The number of sulfonamides is 1. The Morgan fingerprint density at radius 3 is 2.48 bits per heavy atom. The third kappa shape index (κ3) is 4.73. The van der Waals surface area contributed by atoms with E-state index in [9.17, 15) is 8.42 Å². The zero-order chi connectivity index (χ0) is 22.8. The van der Waals surface area contributed by atoms with E-state index >= 15 is 0 Å². The molecular weight excluding hydrogens is 434 g/mol. The SMILES string of the molecule is N#CCCc1ccc(-c2cc(OC3CCN(S(=O)(=O)C4CC4)CC3)c3cnccc3c2)cc1. The van der Waals surface area contributed by atoms with Gasteiger partial charge in [0, 0.05) is 37.3 Å². The zero-order valence-corrected chi connectivity index (χ0v) is 19.3. The Bertz CT molecular complexity index is 1290. The first-order valence-electron chi connectivity index (χ1n) is 11.5. The molecule has 170 valence electrons. The number of aromatic nitrogens is 1. The summed E-state index contributed by atoms with van der Waals surface area (Å²) in [5, 5.41) is 10.7. The average molecular weight is 462 g/mol. The van der Waals surface area contributed by atoms with Gasteiger partial charge in [0.2, 0.25) is 10.0 Å². The van der Waals surface area contributed by atoms with Gasteiger partial charge in [0.1, 0.15) is 11.9 Å². The second-order valence-electron chi connectivity index (χ2n) is 8.89. The van der Waals surface area contributed by atoms with Crippen molar-refractivity contribution < 1.29 is 13.2 Å². The molecule has 2 fully saturated rings. The van der Waals surface area contributed by atoms with Crippen LogP contribution >= 0.6 is 0 Å². The van der Waals surface area contributed by atoms with E-state index in [0.29, 0.717) is 32.4 Å². The Morgan fingerprint density at radius 1 is 1.03 bits per heavy atom. The van der Waals surface area contributed by atoms with Gasteiger partial charge in [-0.05, 0) is 72.4 Å². The van der Waals surface area contributed by atoms with Crippen molar-refractivity contribution in [1.82, 2.24) is 9.29 Å². The van der Waals surface area contributed by atoms with Crippen molar-refractivity contribution in [2.75, 3.05) is 13.1 Å². The quantitative estimate of drug-likeness (QED) is 0.510. The lowest BCUT2D eigenvalue weighted by molar-refractivity contribution is 0.137. The number of rotatable bonds is 7. The van der Waals surface area contributed by atoms with E-state index in [-0.39, 0.29) is 11.4 Å². The van der Waals surface area contributed by atoms with Crippen LogP contribution in [0, 0.1) is 11.3 Å². The monoisotopic (exact) mass is 461 g/mol. The molecule has 5 rings (SSSR count). The normalized spacial score (nSPS) is 17.7. The summed E-state index contributed by atoms with van der Waals surface area (Å²) in [7, 11) is -3.12. The fraction of sp³-hybridized carbons (Fsp3) is 0.385. The van der Waals surface area contributed by atoms with Gasteiger partial charge in [-0.1, -0.05) is 24.3 Å². The van der Waals surface area contributed by atoms with E-state index in [0.717, 1.165) is 52.5 Å². The highest BCUT2D eigenvalue weighted by molar-refractivity contribution is 7.90. The topological polar surface area (TPSA) is 83.3 Å². The predicted octanol–water partition coefficient (Wildman–Crippen LogP) is 4.69. The van der Waals surface area contributed by atoms with Crippen LogP contribution in [0.5, 0.6) is 5.75 Å². The lowest BCUT2D eigenvalue weighted by atomic mass is 9.99. The summed E-state index contributed by atoms with van der Waals surface area (Å²) in [6.07, 6.45) is 7.81. The minimum absolute atomic E-state index is 0.0253. The van der Waals surface area contributed by atoms with Gasteiger partial charge in [0.15, 0.2) is 0 Å². The number of benzene rings is 2. The van der Waals surface area contributed by atoms with Gasteiger partial charge in [-0.15, -0.1) is 0 Å². The first-order valence-corrected chi connectivity index (χ1v) is 13.0. The van der Waals surface area contributed by atoms with Crippen LogP contribution in [0.15, 0.2) is 54.9 Å². The van der Waals surface area contributed by atoms with Crippen LogP contribution in [0.2, 0.25) is 0 Å². The minimum atomic E-state index is -3.12. The maximum Gasteiger partial charge on any atom is 0.216 e. The van der Waals surface area contributed by atoms with Gasteiger partial charge < -0.3 is 4.74 Å². The summed E-state index contributed by atoms with van der Waals surface area (Å²) < 4.78 is 33.2. The number of nitrogens with zero attached hydrogens (tertiary/aromatic N) is 3. The number of piperidine rings is 1. The third-order valence-corrected chi connectivity index (χ3v) is 8.93. The minimum Gasteiger partial charge on any atom is -0.490 e. The molecule has 33 heavy (non-hydrogen) atoms. The summed E-state index contributed by atoms with van der Waals surface area (Å²) in [5.74, 6) is 0.785. The Balaban J connectivity index is 1.36. The average Bonchev–Trinajstić information content (AvgIpc) is 3.70. The molecule has 1 saturated carbocycles. The van der Waals surface area contributed by atoms with E-state index in [1.165, 1.54) is 0 Å². The number of ether oxygens (including phenoxy) is 1. The first kappa shape index (κ1) is 21.9. The van der Waals surface area contributed by atoms with Crippen molar-refractivity contribution in [3.05, 3.63) is 60.4 Å². The third-order valence-electron chi connectivity index (χ3n) is 6.53. The van der Waals surface area contributed by atoms with Crippen molar-refractivity contribution in [3.8, 4) is 22.9 Å². The predicted molar refractivity (Wildman–Crippen MR) is 128 cm³/mol. The molecule has 7 heteroatoms. The molecule has 0 atom stereocenters. The highest BCUT2D eigenvalue weighted by Gasteiger charge is 2.41. The summed E-state index contributed by atoms with van der Waals surface area (Å²) in [5.41, 5.74) is 3.29. The molecule has 0 radical (unpaired) electrons. The molecule has 1 aliphatic heterocycles. The lowest BCUT2D eigenvalue weighted by Crippen LogP contribution is -2.43. The van der Waals surface area contributed by atoms with E-state index < -0.39 is 10.0 Å². The Hall–Kier alpha value is -2.95. The number of fused-ring (bicyclic) bond motifs is 1. The molecule has 6 nitrogen and oxygen atoms in total. The highest BCUT2D eigenvalue weighted by atomic mass is 32.2. The fourth-order valence-corrected chi connectivity index (χ4v) is 6.33. The summed E-state index contributed by atoms with van der Waals surface area (Å²) in [6, 6.07) is 16.7. The number of nitriles is 1. The molecule has 2 heterocycles. The molecule has 0 amide bonds. The van der Waals surface area contributed by atoms with Crippen LogP contribution in [0.25, 0.3) is 21.9 Å². The zero-order valence-electron chi connectivity index (χ0n) is 18.5. The van der Waals surface area contributed by atoms with E-state index in [1.807, 2.05) is 12.3 Å². The molecule has 1 aromatic heterocycles. The summed E-state index contributed by atoms with van der Waals surface area (Å²) >= 11 is 0. The number of pyridine rings is 1. The lowest BCUT2D eigenvalue weighted by Gasteiger charge is -2.31. The molecule has 3 aromatic rings.